The molecule has 1 saturated heterocycles. The van der Waals surface area contributed by atoms with Crippen molar-refractivity contribution in [1.29, 1.82) is 0 Å². The van der Waals surface area contributed by atoms with E-state index in [-0.39, 0.29) is 11.1 Å². The monoisotopic (exact) mass is 446 g/mol. The average Bonchev–Trinajstić information content (AvgIpc) is 2.76. The zero-order valence-electron chi connectivity index (χ0n) is 16.2. The van der Waals surface area contributed by atoms with Gasteiger partial charge < -0.3 is 44.5 Å². The van der Waals surface area contributed by atoms with Crippen LogP contribution in [0.4, 0.5) is 0 Å². The van der Waals surface area contributed by atoms with E-state index in [0.29, 0.717) is 5.56 Å². The van der Waals surface area contributed by atoms with Gasteiger partial charge in [0.25, 0.3) is 0 Å². The highest BCUT2D eigenvalue weighted by atomic mass is 16.7. The van der Waals surface area contributed by atoms with Crippen LogP contribution in [0.5, 0.6) is 17.2 Å². The summed E-state index contributed by atoms with van der Waals surface area (Å²) in [7, 11) is 0. The molecular formula is C21H18O11. The number of benzene rings is 2. The molecule has 0 aliphatic carbocycles. The molecule has 0 amide bonds. The second kappa shape index (κ2) is 8.13. The Labute approximate surface area is 178 Å². The van der Waals surface area contributed by atoms with Crippen LogP contribution in [-0.4, -0.2) is 67.3 Å². The third-order valence-corrected chi connectivity index (χ3v) is 5.02. The van der Waals surface area contributed by atoms with Crippen LogP contribution in [-0.2, 0) is 9.53 Å². The summed E-state index contributed by atoms with van der Waals surface area (Å²) in [6.07, 6.45) is -9.65. The molecule has 1 aliphatic heterocycles. The Morgan fingerprint density at radius 2 is 1.62 bits per heavy atom. The van der Waals surface area contributed by atoms with Crippen molar-refractivity contribution in [3.63, 3.8) is 0 Å². The number of phenolic OH excluding ortho intramolecular Hbond substituents is 2. The maximum atomic E-state index is 12.7. The molecule has 2 heterocycles. The number of fused-ring (bicyclic) bond motifs is 1. The van der Waals surface area contributed by atoms with Crippen molar-refractivity contribution in [2.45, 2.75) is 30.7 Å². The van der Waals surface area contributed by atoms with E-state index < -0.39 is 64.9 Å². The van der Waals surface area contributed by atoms with Gasteiger partial charge in [-0.2, -0.15) is 0 Å². The van der Waals surface area contributed by atoms with Gasteiger partial charge in [-0.25, -0.2) is 4.79 Å². The lowest BCUT2D eigenvalue weighted by Gasteiger charge is -2.38. The molecule has 0 saturated carbocycles. The van der Waals surface area contributed by atoms with Crippen molar-refractivity contribution >= 4 is 16.9 Å². The van der Waals surface area contributed by atoms with E-state index >= 15 is 0 Å². The van der Waals surface area contributed by atoms with Gasteiger partial charge in [0.05, 0.1) is 0 Å². The summed E-state index contributed by atoms with van der Waals surface area (Å²) in [5.74, 6) is -3.44. The highest BCUT2D eigenvalue weighted by Crippen LogP contribution is 2.42. The Bertz CT molecular complexity index is 1220. The average molecular weight is 446 g/mol. The minimum absolute atomic E-state index is 0.0712. The number of hydrogen-bond donors (Lipinski definition) is 6. The third-order valence-electron chi connectivity index (χ3n) is 5.02. The Morgan fingerprint density at radius 3 is 2.28 bits per heavy atom. The predicted octanol–water partition coefficient (Wildman–Crippen LogP) is 0.142. The van der Waals surface area contributed by atoms with Crippen molar-refractivity contribution < 1.29 is 49.3 Å². The number of aliphatic hydroxyl groups excluding tert-OH is 3. The molecule has 168 valence electrons. The van der Waals surface area contributed by atoms with Crippen molar-refractivity contribution in [3.8, 4) is 28.6 Å². The summed E-state index contributed by atoms with van der Waals surface area (Å²) in [6, 6.07) is 10.4. The first-order chi connectivity index (χ1) is 15.2. The molecule has 0 bridgehead atoms. The smallest absolute Gasteiger partial charge is 0.335 e. The van der Waals surface area contributed by atoms with Gasteiger partial charge in [-0.3, -0.25) is 4.79 Å². The first kappa shape index (κ1) is 21.6. The summed E-state index contributed by atoms with van der Waals surface area (Å²) >= 11 is 0. The van der Waals surface area contributed by atoms with Crippen LogP contribution >= 0.6 is 0 Å². The van der Waals surface area contributed by atoms with Crippen LogP contribution in [0.1, 0.15) is 0 Å². The second-order valence-electron chi connectivity index (χ2n) is 7.14. The lowest BCUT2D eigenvalue weighted by atomic mass is 9.99. The minimum atomic E-state index is -1.95. The van der Waals surface area contributed by atoms with E-state index in [9.17, 15) is 40.2 Å². The maximum Gasteiger partial charge on any atom is 0.335 e. The molecule has 3 aromatic rings. The van der Waals surface area contributed by atoms with Crippen LogP contribution in [0.25, 0.3) is 22.3 Å². The Kier molecular flexibility index (Phi) is 5.48. The lowest BCUT2D eigenvalue weighted by Crippen LogP contribution is -2.61. The molecule has 6 N–H and O–H groups in total. The molecule has 0 radical (unpaired) electrons. The van der Waals surface area contributed by atoms with E-state index in [0.717, 1.165) is 12.1 Å². The summed E-state index contributed by atoms with van der Waals surface area (Å²) in [4.78, 5) is 24.0. The molecule has 1 aliphatic rings. The van der Waals surface area contributed by atoms with E-state index in [1.54, 1.807) is 30.3 Å². The Morgan fingerprint density at radius 1 is 0.938 bits per heavy atom. The van der Waals surface area contributed by atoms with Gasteiger partial charge in [0, 0.05) is 17.7 Å². The summed E-state index contributed by atoms with van der Waals surface area (Å²) in [6.45, 7) is 0. The fourth-order valence-electron chi connectivity index (χ4n) is 3.40. The molecule has 2 aromatic carbocycles. The Balaban J connectivity index is 1.84. The van der Waals surface area contributed by atoms with Crippen LogP contribution in [0.3, 0.4) is 0 Å². The van der Waals surface area contributed by atoms with Crippen molar-refractivity contribution in [3.05, 3.63) is 52.7 Å². The third kappa shape index (κ3) is 3.63. The predicted molar refractivity (Wildman–Crippen MR) is 106 cm³/mol. The van der Waals surface area contributed by atoms with E-state index in [2.05, 4.69) is 0 Å². The van der Waals surface area contributed by atoms with Crippen LogP contribution in [0, 0.1) is 0 Å². The van der Waals surface area contributed by atoms with Crippen LogP contribution in [0.2, 0.25) is 0 Å². The molecule has 0 spiro atoms. The van der Waals surface area contributed by atoms with Gasteiger partial charge >= 0.3 is 5.97 Å². The van der Waals surface area contributed by atoms with Gasteiger partial charge in [0.2, 0.25) is 12.0 Å². The number of phenols is 2. The lowest BCUT2D eigenvalue weighted by molar-refractivity contribution is -0.271. The highest BCUT2D eigenvalue weighted by Gasteiger charge is 2.48. The topological polar surface area (TPSA) is 187 Å². The number of carboxylic acids is 1. The van der Waals surface area contributed by atoms with Crippen molar-refractivity contribution in [2.24, 2.45) is 0 Å². The molecule has 32 heavy (non-hydrogen) atoms. The molecule has 5 atom stereocenters. The molecule has 1 aromatic heterocycles. The maximum absolute atomic E-state index is 12.7. The summed E-state index contributed by atoms with van der Waals surface area (Å²) in [5, 5.41) is 59.3. The van der Waals surface area contributed by atoms with Crippen LogP contribution in [0.15, 0.2) is 51.7 Å². The molecule has 11 heteroatoms. The number of carboxylic acid groups (broad SMARTS) is 1. The Hall–Kier alpha value is -3.64. The largest absolute Gasteiger partial charge is 0.507 e. The summed E-state index contributed by atoms with van der Waals surface area (Å²) < 4.78 is 16.2. The number of ether oxygens (including phenoxy) is 2. The standard InChI is InChI=1S/C21H18O11/c22-9-6-11(24)17(31-21-16(27)14(25)15(26)19(32-21)20(28)29)18-13(9)10(23)7-12(30-18)8-4-2-1-3-5-8/h1-7,14-16,19,21-22,24-27H,(H,28,29)/t14-,15-,16?,19?,21+/m0/s1. The van der Waals surface area contributed by atoms with Gasteiger partial charge in [-0.1, -0.05) is 30.3 Å². The van der Waals surface area contributed by atoms with Crippen molar-refractivity contribution in [1.82, 2.24) is 0 Å². The first-order valence-electron chi connectivity index (χ1n) is 9.36. The van der Waals surface area contributed by atoms with Gasteiger partial charge in [-0.05, 0) is 0 Å². The normalized spacial score (nSPS) is 25.5. The van der Waals surface area contributed by atoms with E-state index in [4.69, 9.17) is 13.9 Å². The highest BCUT2D eigenvalue weighted by molar-refractivity contribution is 5.91. The van der Waals surface area contributed by atoms with E-state index in [1.807, 2.05) is 0 Å². The number of hydrogen-bond acceptors (Lipinski definition) is 10. The molecule has 2 unspecified atom stereocenters. The molecular weight excluding hydrogens is 428 g/mol. The molecule has 1 fully saturated rings. The quantitative estimate of drug-likeness (QED) is 0.320. The zero-order valence-corrected chi connectivity index (χ0v) is 16.2. The number of aliphatic carboxylic acids is 1. The first-order valence-corrected chi connectivity index (χ1v) is 9.36. The van der Waals surface area contributed by atoms with Gasteiger partial charge in [-0.15, -0.1) is 0 Å². The van der Waals surface area contributed by atoms with E-state index in [1.165, 1.54) is 0 Å². The van der Waals surface area contributed by atoms with Gasteiger partial charge in [0.1, 0.15) is 35.2 Å². The second-order valence-corrected chi connectivity index (χ2v) is 7.14. The zero-order chi connectivity index (χ0) is 23.2. The molecule has 11 nitrogen and oxygen atoms in total. The van der Waals surface area contributed by atoms with Crippen molar-refractivity contribution in [2.75, 3.05) is 0 Å². The number of carbonyl (C=O) groups is 1. The number of aliphatic hydroxyl groups is 3. The molecule has 4 rings (SSSR count). The number of aromatic hydroxyl groups is 2. The summed E-state index contributed by atoms with van der Waals surface area (Å²) in [5.41, 5.74) is -0.577. The fourth-order valence-corrected chi connectivity index (χ4v) is 3.40. The fraction of sp³-hybridized carbons (Fsp3) is 0.238. The minimum Gasteiger partial charge on any atom is -0.507 e. The van der Waals surface area contributed by atoms with Crippen LogP contribution < -0.4 is 10.2 Å². The number of rotatable bonds is 4. The van der Waals surface area contributed by atoms with Gasteiger partial charge in [0.15, 0.2) is 22.9 Å². The SMILES string of the molecule is O=C(O)C1O[C@@H](Oc2c(O)cc(O)c3c(=O)cc(-c4ccccc4)oc23)C(O)[C@@H](O)[C@@H]1O.